The van der Waals surface area contributed by atoms with Crippen molar-refractivity contribution in [3.63, 3.8) is 0 Å². The van der Waals surface area contributed by atoms with Crippen LogP contribution in [0.25, 0.3) is 0 Å². The summed E-state index contributed by atoms with van der Waals surface area (Å²) in [6, 6.07) is 0. The monoisotopic (exact) mass is 720 g/mol. The molecule has 0 aliphatic carbocycles. The molecule has 0 saturated carbocycles. The number of hydrogen-bond acceptors (Lipinski definition) is 4. The number of rotatable bonds is 32. The molecule has 1 fully saturated rings. The number of esters is 2. The molecule has 0 aromatic rings. The van der Waals surface area contributed by atoms with Crippen LogP contribution in [0.1, 0.15) is 168 Å². The fraction of sp³-hybridized carbons (Fsp3) is 0.773. The van der Waals surface area contributed by atoms with Crippen LogP contribution in [0.3, 0.4) is 0 Å². The van der Waals surface area contributed by atoms with Gasteiger partial charge in [0.15, 0.2) is 0 Å². The van der Waals surface area contributed by atoms with Gasteiger partial charge in [0.2, 0.25) is 0 Å². The number of carbonyl (C=O) groups excluding carboxylic acids is 2. The van der Waals surface area contributed by atoms with Gasteiger partial charge in [0, 0.05) is 12.8 Å². The van der Waals surface area contributed by atoms with Crippen LogP contribution in [0.5, 0.6) is 0 Å². The van der Waals surface area contributed by atoms with E-state index in [1.54, 1.807) is 0 Å². The SMILES string of the molecule is CCCCC/C=C\C/C=C\CCCCCCCC(=O)OC[C@H]1C[N+](C)(C)C[C@@H]1COC(=O)CCCCCCC/C=C\C/C=C\CCCCC.[Cl-]. The molecule has 290 valence electrons. The third kappa shape index (κ3) is 29.8. The van der Waals surface area contributed by atoms with Gasteiger partial charge >= 0.3 is 11.9 Å². The normalized spacial score (nSPS) is 17.4. The highest BCUT2D eigenvalue weighted by atomic mass is 35.5. The van der Waals surface area contributed by atoms with Crippen LogP contribution < -0.4 is 12.4 Å². The Morgan fingerprint density at radius 3 is 1.18 bits per heavy atom. The Morgan fingerprint density at radius 1 is 0.500 bits per heavy atom. The van der Waals surface area contributed by atoms with Crippen LogP contribution in [-0.2, 0) is 19.1 Å². The molecule has 6 heteroatoms. The Kier molecular flexibility index (Phi) is 33.0. The second-order valence-corrected chi connectivity index (χ2v) is 15.1. The maximum Gasteiger partial charge on any atom is 0.305 e. The molecule has 1 aliphatic rings. The summed E-state index contributed by atoms with van der Waals surface area (Å²) in [4.78, 5) is 24.9. The number of unbranched alkanes of at least 4 members (excludes halogenated alkanes) is 16. The second kappa shape index (κ2) is 34.2. The summed E-state index contributed by atoms with van der Waals surface area (Å²) >= 11 is 0. The lowest BCUT2D eigenvalue weighted by Gasteiger charge is -2.23. The number of nitrogens with zero attached hydrogens (tertiary/aromatic N) is 1. The maximum atomic E-state index is 12.5. The standard InChI is InChI=1S/C44H78NO4.ClH/c1-5-7-9-11-13-15-17-19-21-23-25-27-29-31-33-35-43(46)48-39-41-37-45(3,4)38-42(41)40-49-44(47)36-34-32-30-28-26-24-22-20-18-16-14-12-10-8-6-2;/h13-16,19-22,41-42H,5-12,17-18,23-40H2,1-4H3;1H/q+1;/p-1/b15-13-,16-14-,21-19-,22-20-;/t41-,42-;/m1./s1. The Balaban J connectivity index is 0.0000240. The van der Waals surface area contributed by atoms with Crippen LogP contribution >= 0.6 is 0 Å². The summed E-state index contributed by atoms with van der Waals surface area (Å²) < 4.78 is 12.3. The van der Waals surface area contributed by atoms with Crippen molar-refractivity contribution in [3.05, 3.63) is 48.6 Å². The van der Waals surface area contributed by atoms with E-state index < -0.39 is 0 Å². The van der Waals surface area contributed by atoms with Gasteiger partial charge in [0.05, 0.1) is 39.0 Å². The van der Waals surface area contributed by atoms with Gasteiger partial charge < -0.3 is 26.4 Å². The molecule has 1 heterocycles. The molecule has 1 rings (SSSR count). The van der Waals surface area contributed by atoms with Crippen LogP contribution in [0.15, 0.2) is 48.6 Å². The molecule has 0 bridgehead atoms. The minimum Gasteiger partial charge on any atom is -1.00 e. The first kappa shape index (κ1) is 48.1. The van der Waals surface area contributed by atoms with Crippen LogP contribution in [0.4, 0.5) is 0 Å². The quantitative estimate of drug-likeness (QED) is 0.0302. The minimum absolute atomic E-state index is 0. The summed E-state index contributed by atoms with van der Waals surface area (Å²) in [5.74, 6) is 0.319. The lowest BCUT2D eigenvalue weighted by atomic mass is 9.98. The average Bonchev–Trinajstić information content (AvgIpc) is 3.39. The first-order chi connectivity index (χ1) is 23.9. The number of likely N-dealkylation sites (tertiary alicyclic amines) is 1. The number of quaternary nitrogens is 1. The van der Waals surface area contributed by atoms with Crippen LogP contribution in [0.2, 0.25) is 0 Å². The molecule has 1 saturated heterocycles. The summed E-state index contributed by atoms with van der Waals surface area (Å²) in [6.07, 6.45) is 45.3. The molecular formula is C44H78ClNO4. The topological polar surface area (TPSA) is 52.6 Å². The molecule has 5 nitrogen and oxygen atoms in total. The van der Waals surface area contributed by atoms with Gasteiger partial charge in [-0.05, 0) is 77.0 Å². The van der Waals surface area contributed by atoms with Crippen molar-refractivity contribution in [2.75, 3.05) is 40.4 Å². The summed E-state index contributed by atoms with van der Waals surface area (Å²) in [7, 11) is 4.42. The van der Waals surface area contributed by atoms with Gasteiger partial charge in [0.25, 0.3) is 0 Å². The smallest absolute Gasteiger partial charge is 0.305 e. The van der Waals surface area contributed by atoms with Crippen molar-refractivity contribution < 1.29 is 36.0 Å². The molecule has 50 heavy (non-hydrogen) atoms. The fourth-order valence-corrected chi connectivity index (χ4v) is 6.73. The van der Waals surface area contributed by atoms with E-state index >= 15 is 0 Å². The number of allylic oxidation sites excluding steroid dienone is 8. The van der Waals surface area contributed by atoms with E-state index in [4.69, 9.17) is 9.47 Å². The van der Waals surface area contributed by atoms with Gasteiger partial charge in [-0.15, -0.1) is 0 Å². The first-order valence-electron chi connectivity index (χ1n) is 20.6. The number of halogens is 1. The van der Waals surface area contributed by atoms with Crippen LogP contribution in [0, 0.1) is 11.8 Å². The third-order valence-corrected chi connectivity index (χ3v) is 9.70. The molecule has 0 radical (unpaired) electrons. The van der Waals surface area contributed by atoms with Crippen molar-refractivity contribution in [1.82, 2.24) is 0 Å². The molecule has 2 atom stereocenters. The summed E-state index contributed by atoms with van der Waals surface area (Å²) in [5.41, 5.74) is 0. The van der Waals surface area contributed by atoms with E-state index in [2.05, 4.69) is 76.6 Å². The largest absolute Gasteiger partial charge is 1.00 e. The van der Waals surface area contributed by atoms with Gasteiger partial charge in [-0.3, -0.25) is 9.59 Å². The zero-order chi connectivity index (χ0) is 35.7. The van der Waals surface area contributed by atoms with E-state index in [1.165, 1.54) is 89.9 Å². The Labute approximate surface area is 315 Å². The highest BCUT2D eigenvalue weighted by Gasteiger charge is 2.41. The van der Waals surface area contributed by atoms with Crippen molar-refractivity contribution in [2.45, 2.75) is 168 Å². The number of ether oxygens (including phenoxy) is 2. The zero-order valence-electron chi connectivity index (χ0n) is 33.0. The summed E-state index contributed by atoms with van der Waals surface area (Å²) in [5, 5.41) is 0. The fourth-order valence-electron chi connectivity index (χ4n) is 6.73. The van der Waals surface area contributed by atoms with Gasteiger partial charge in [0.1, 0.15) is 13.2 Å². The molecule has 0 spiro atoms. The van der Waals surface area contributed by atoms with E-state index in [-0.39, 0.29) is 36.2 Å². The van der Waals surface area contributed by atoms with Crippen molar-refractivity contribution in [2.24, 2.45) is 11.8 Å². The molecule has 0 aromatic heterocycles. The molecule has 0 aromatic carbocycles. The van der Waals surface area contributed by atoms with Gasteiger partial charge in [-0.25, -0.2) is 0 Å². The van der Waals surface area contributed by atoms with E-state index in [0.717, 1.165) is 68.9 Å². The zero-order valence-corrected chi connectivity index (χ0v) is 33.8. The van der Waals surface area contributed by atoms with Crippen LogP contribution in [-0.4, -0.2) is 56.8 Å². The van der Waals surface area contributed by atoms with Crippen molar-refractivity contribution >= 4 is 11.9 Å². The lowest BCUT2D eigenvalue weighted by molar-refractivity contribution is -0.880. The molecule has 0 unspecified atom stereocenters. The second-order valence-electron chi connectivity index (χ2n) is 15.1. The van der Waals surface area contributed by atoms with Gasteiger partial charge in [-0.2, -0.15) is 0 Å². The number of carbonyl (C=O) groups is 2. The maximum absolute atomic E-state index is 12.5. The van der Waals surface area contributed by atoms with Gasteiger partial charge in [-0.1, -0.05) is 127 Å². The van der Waals surface area contributed by atoms with E-state index in [1.807, 2.05) is 0 Å². The number of hydrogen-bond donors (Lipinski definition) is 0. The van der Waals surface area contributed by atoms with Crippen molar-refractivity contribution in [1.29, 1.82) is 0 Å². The Morgan fingerprint density at radius 2 is 0.820 bits per heavy atom. The predicted molar refractivity (Wildman–Crippen MR) is 209 cm³/mol. The first-order valence-corrected chi connectivity index (χ1v) is 20.6. The highest BCUT2D eigenvalue weighted by Crippen LogP contribution is 2.28. The molecule has 0 N–H and O–H groups in total. The molecule has 0 amide bonds. The molecular weight excluding hydrogens is 642 g/mol. The highest BCUT2D eigenvalue weighted by molar-refractivity contribution is 5.69. The average molecular weight is 721 g/mol. The summed E-state index contributed by atoms with van der Waals surface area (Å²) in [6.45, 7) is 7.27. The van der Waals surface area contributed by atoms with E-state index in [9.17, 15) is 9.59 Å². The minimum atomic E-state index is -0.0834. The Hall–Kier alpha value is -1.85. The molecule has 1 aliphatic heterocycles. The Bertz CT molecular complexity index is 853. The lowest BCUT2D eigenvalue weighted by Crippen LogP contribution is -3.00. The van der Waals surface area contributed by atoms with Crippen molar-refractivity contribution in [3.8, 4) is 0 Å². The van der Waals surface area contributed by atoms with E-state index in [0.29, 0.717) is 26.1 Å². The predicted octanol–water partition coefficient (Wildman–Crippen LogP) is 9.03. The third-order valence-electron chi connectivity index (χ3n) is 9.70.